The molecule has 0 unspecified atom stereocenters. The quantitative estimate of drug-likeness (QED) is 0.318. The number of unbranched alkanes of at least 4 members (excludes halogenated alkanes) is 8. The molecular formula is C14H26ClNO2. The molecule has 0 spiro atoms. The monoisotopic (exact) mass is 275 g/mol. The fourth-order valence-electron chi connectivity index (χ4n) is 1.85. The van der Waals surface area contributed by atoms with Gasteiger partial charge in [-0.2, -0.15) is 0 Å². The summed E-state index contributed by atoms with van der Waals surface area (Å²) in [7, 11) is 0. The van der Waals surface area contributed by atoms with Gasteiger partial charge in [-0.15, -0.1) is 11.6 Å². The molecule has 0 saturated heterocycles. The third kappa shape index (κ3) is 13.5. The summed E-state index contributed by atoms with van der Waals surface area (Å²) in [5.74, 6) is 0.597. The van der Waals surface area contributed by atoms with Crippen molar-refractivity contribution in [2.24, 2.45) is 0 Å². The Morgan fingerprint density at radius 1 is 0.944 bits per heavy atom. The lowest BCUT2D eigenvalue weighted by Crippen LogP contribution is -2.24. The number of alkyl halides is 1. The Balaban J connectivity index is 3.06. The van der Waals surface area contributed by atoms with Gasteiger partial charge in [-0.05, 0) is 12.8 Å². The molecule has 0 aliphatic carbocycles. The summed E-state index contributed by atoms with van der Waals surface area (Å²) in [6.45, 7) is 0.571. The van der Waals surface area contributed by atoms with Crippen molar-refractivity contribution in [2.45, 2.75) is 64.2 Å². The highest BCUT2D eigenvalue weighted by atomic mass is 35.5. The summed E-state index contributed by atoms with van der Waals surface area (Å²) in [4.78, 5) is 21.3. The summed E-state index contributed by atoms with van der Waals surface area (Å²) in [5, 5.41) is 2.76. The zero-order valence-corrected chi connectivity index (χ0v) is 12.0. The molecule has 0 fully saturated rings. The van der Waals surface area contributed by atoms with Crippen LogP contribution in [0, 0.1) is 0 Å². The highest BCUT2D eigenvalue weighted by Gasteiger charge is 1.99. The van der Waals surface area contributed by atoms with E-state index in [0.717, 1.165) is 25.5 Å². The Hall–Kier alpha value is -0.570. The molecule has 0 aliphatic heterocycles. The van der Waals surface area contributed by atoms with E-state index in [4.69, 9.17) is 11.6 Å². The van der Waals surface area contributed by atoms with Crippen molar-refractivity contribution >= 4 is 23.8 Å². The summed E-state index contributed by atoms with van der Waals surface area (Å²) in [6.07, 6.45) is 11.5. The second kappa shape index (κ2) is 14.5. The number of carbonyl (C=O) groups excluding carboxylic acids is 2. The van der Waals surface area contributed by atoms with E-state index in [1.807, 2.05) is 0 Å². The molecule has 18 heavy (non-hydrogen) atoms. The number of aldehydes is 1. The molecule has 0 rings (SSSR count). The second-order valence-electron chi connectivity index (χ2n) is 4.57. The van der Waals surface area contributed by atoms with Crippen LogP contribution in [0.2, 0.25) is 0 Å². The summed E-state index contributed by atoms with van der Waals surface area (Å²) < 4.78 is 0. The molecule has 0 aromatic carbocycles. The first-order valence-corrected chi connectivity index (χ1v) is 7.61. The Morgan fingerprint density at radius 3 is 2.06 bits per heavy atom. The van der Waals surface area contributed by atoms with E-state index in [0.29, 0.717) is 25.3 Å². The molecule has 1 N–H and O–H groups in total. The first-order valence-electron chi connectivity index (χ1n) is 7.07. The molecular weight excluding hydrogens is 250 g/mol. The molecule has 0 heterocycles. The van der Waals surface area contributed by atoms with E-state index < -0.39 is 0 Å². The van der Waals surface area contributed by atoms with E-state index in [2.05, 4.69) is 5.32 Å². The van der Waals surface area contributed by atoms with E-state index >= 15 is 0 Å². The zero-order valence-electron chi connectivity index (χ0n) is 11.3. The number of carbonyl (C=O) groups is 2. The van der Waals surface area contributed by atoms with Gasteiger partial charge in [0.15, 0.2) is 0 Å². The number of hydrogen-bond donors (Lipinski definition) is 1. The first-order chi connectivity index (χ1) is 8.81. The van der Waals surface area contributed by atoms with Gasteiger partial charge in [-0.25, -0.2) is 0 Å². The van der Waals surface area contributed by atoms with Gasteiger partial charge in [0.2, 0.25) is 5.91 Å². The Morgan fingerprint density at radius 2 is 1.50 bits per heavy atom. The maximum absolute atomic E-state index is 11.2. The van der Waals surface area contributed by atoms with Gasteiger partial charge >= 0.3 is 0 Å². The van der Waals surface area contributed by atoms with Crippen molar-refractivity contribution in [1.29, 1.82) is 0 Å². The standard InChI is InChI=1S/C14H26ClNO2/c15-11-12-16-14(18)10-8-6-4-2-1-3-5-7-9-13-17/h13H,1-12H2,(H,16,18). The number of nitrogens with one attached hydrogen (secondary N) is 1. The van der Waals surface area contributed by atoms with Crippen LogP contribution in [0.25, 0.3) is 0 Å². The van der Waals surface area contributed by atoms with Gasteiger partial charge in [0.05, 0.1) is 0 Å². The molecule has 1 amide bonds. The van der Waals surface area contributed by atoms with Crippen LogP contribution in [0.4, 0.5) is 0 Å². The first kappa shape index (κ1) is 17.4. The molecule has 0 bridgehead atoms. The van der Waals surface area contributed by atoms with Gasteiger partial charge in [0.1, 0.15) is 6.29 Å². The maximum atomic E-state index is 11.2. The number of hydrogen-bond acceptors (Lipinski definition) is 2. The maximum Gasteiger partial charge on any atom is 0.220 e. The van der Waals surface area contributed by atoms with Crippen molar-refractivity contribution < 1.29 is 9.59 Å². The van der Waals surface area contributed by atoms with Crippen LogP contribution in [0.1, 0.15) is 64.2 Å². The summed E-state index contributed by atoms with van der Waals surface area (Å²) in [5.41, 5.74) is 0. The predicted molar refractivity (Wildman–Crippen MR) is 76.0 cm³/mol. The van der Waals surface area contributed by atoms with Crippen LogP contribution < -0.4 is 5.32 Å². The molecule has 0 radical (unpaired) electrons. The fraction of sp³-hybridized carbons (Fsp3) is 0.857. The van der Waals surface area contributed by atoms with Crippen molar-refractivity contribution in [2.75, 3.05) is 12.4 Å². The Labute approximate surface area is 116 Å². The normalized spacial score (nSPS) is 10.3. The van der Waals surface area contributed by atoms with Crippen LogP contribution >= 0.6 is 11.6 Å². The topological polar surface area (TPSA) is 46.2 Å². The second-order valence-corrected chi connectivity index (χ2v) is 4.95. The molecule has 0 aromatic heterocycles. The van der Waals surface area contributed by atoms with Crippen molar-refractivity contribution in [3.63, 3.8) is 0 Å². The van der Waals surface area contributed by atoms with Crippen LogP contribution in [-0.2, 0) is 9.59 Å². The number of halogens is 1. The van der Waals surface area contributed by atoms with E-state index in [1.54, 1.807) is 0 Å². The highest BCUT2D eigenvalue weighted by molar-refractivity contribution is 6.18. The van der Waals surface area contributed by atoms with Gasteiger partial charge < -0.3 is 10.1 Å². The van der Waals surface area contributed by atoms with E-state index in [1.165, 1.54) is 32.1 Å². The molecule has 0 aromatic rings. The minimum absolute atomic E-state index is 0.115. The van der Waals surface area contributed by atoms with Gasteiger partial charge in [0, 0.05) is 25.3 Å². The molecule has 4 heteroatoms. The number of amides is 1. The molecule has 0 saturated carbocycles. The largest absolute Gasteiger partial charge is 0.355 e. The number of rotatable bonds is 13. The lowest BCUT2D eigenvalue weighted by Gasteiger charge is -2.03. The average molecular weight is 276 g/mol. The van der Waals surface area contributed by atoms with Crippen LogP contribution in [0.15, 0.2) is 0 Å². The Kier molecular flexibility index (Phi) is 14.0. The van der Waals surface area contributed by atoms with E-state index in [-0.39, 0.29) is 5.91 Å². The van der Waals surface area contributed by atoms with E-state index in [9.17, 15) is 9.59 Å². The molecule has 0 atom stereocenters. The average Bonchev–Trinajstić information content (AvgIpc) is 2.38. The van der Waals surface area contributed by atoms with Crippen molar-refractivity contribution in [1.82, 2.24) is 5.32 Å². The third-order valence-corrected chi connectivity index (χ3v) is 3.08. The lowest BCUT2D eigenvalue weighted by atomic mass is 10.1. The van der Waals surface area contributed by atoms with Crippen molar-refractivity contribution in [3.8, 4) is 0 Å². The molecule has 0 aliphatic rings. The van der Waals surface area contributed by atoms with Crippen LogP contribution in [0.3, 0.4) is 0 Å². The minimum atomic E-state index is 0.115. The van der Waals surface area contributed by atoms with Gasteiger partial charge in [0.25, 0.3) is 0 Å². The Bertz CT molecular complexity index is 210. The predicted octanol–water partition coefficient (Wildman–Crippen LogP) is 3.44. The highest BCUT2D eigenvalue weighted by Crippen LogP contribution is 2.10. The molecule has 3 nitrogen and oxygen atoms in total. The SMILES string of the molecule is O=CCCCCCCCCCCC(=O)NCCCl. The smallest absolute Gasteiger partial charge is 0.220 e. The van der Waals surface area contributed by atoms with Crippen LogP contribution in [0.5, 0.6) is 0 Å². The zero-order chi connectivity index (χ0) is 13.5. The van der Waals surface area contributed by atoms with Gasteiger partial charge in [-0.3, -0.25) is 4.79 Å². The van der Waals surface area contributed by atoms with Crippen LogP contribution in [-0.4, -0.2) is 24.6 Å². The molecule has 106 valence electrons. The summed E-state index contributed by atoms with van der Waals surface area (Å²) in [6, 6.07) is 0. The van der Waals surface area contributed by atoms with Gasteiger partial charge in [-0.1, -0.05) is 38.5 Å². The minimum Gasteiger partial charge on any atom is -0.355 e. The summed E-state index contributed by atoms with van der Waals surface area (Å²) >= 11 is 5.48. The third-order valence-electron chi connectivity index (χ3n) is 2.89. The fourth-order valence-corrected chi connectivity index (χ4v) is 1.94. The van der Waals surface area contributed by atoms with Crippen molar-refractivity contribution in [3.05, 3.63) is 0 Å². The lowest BCUT2D eigenvalue weighted by molar-refractivity contribution is -0.121.